The number of hydrogen-bond donors (Lipinski definition) is 0. The topological polar surface area (TPSA) is 43.4 Å². The van der Waals surface area contributed by atoms with Crippen molar-refractivity contribution in [3.63, 3.8) is 0 Å². The third-order valence-corrected chi connectivity index (χ3v) is 2.28. The molecule has 0 aliphatic rings. The van der Waals surface area contributed by atoms with Crippen LogP contribution in [0.2, 0.25) is 0 Å². The van der Waals surface area contributed by atoms with Crippen LogP contribution in [0.3, 0.4) is 0 Å². The van der Waals surface area contributed by atoms with Crippen molar-refractivity contribution >= 4 is 11.8 Å². The fourth-order valence-corrected chi connectivity index (χ4v) is 1.35. The third kappa shape index (κ3) is 2.92. The molecule has 0 spiro atoms. The van der Waals surface area contributed by atoms with Gasteiger partial charge in [-0.25, -0.2) is 4.79 Å². The summed E-state index contributed by atoms with van der Waals surface area (Å²) in [4.78, 5) is 22.9. The van der Waals surface area contributed by atoms with Gasteiger partial charge >= 0.3 is 5.97 Å². The molecule has 0 amide bonds. The number of rotatable bonds is 4. The fraction of sp³-hybridized carbons (Fsp3) is 0.385. The highest BCUT2D eigenvalue weighted by Gasteiger charge is 2.17. The van der Waals surface area contributed by atoms with E-state index in [-0.39, 0.29) is 6.61 Å². The second-order valence-electron chi connectivity index (χ2n) is 3.83. The lowest BCUT2D eigenvalue weighted by Gasteiger charge is -2.07. The van der Waals surface area contributed by atoms with Crippen molar-refractivity contribution in [3.05, 3.63) is 35.4 Å². The molecule has 1 aromatic rings. The highest BCUT2D eigenvalue weighted by atomic mass is 16.5. The first-order chi connectivity index (χ1) is 7.56. The van der Waals surface area contributed by atoms with E-state index in [9.17, 15) is 9.59 Å². The van der Waals surface area contributed by atoms with Gasteiger partial charge in [-0.3, -0.25) is 4.79 Å². The van der Waals surface area contributed by atoms with Gasteiger partial charge < -0.3 is 4.74 Å². The van der Waals surface area contributed by atoms with E-state index >= 15 is 0 Å². The Hall–Kier alpha value is -1.64. The predicted molar refractivity (Wildman–Crippen MR) is 61.5 cm³/mol. The number of carbonyl (C=O) groups is 2. The van der Waals surface area contributed by atoms with Gasteiger partial charge in [0.2, 0.25) is 0 Å². The van der Waals surface area contributed by atoms with Gasteiger partial charge in [0.25, 0.3) is 5.78 Å². The average molecular weight is 220 g/mol. The second kappa shape index (κ2) is 5.45. The molecule has 0 fully saturated rings. The van der Waals surface area contributed by atoms with Crippen molar-refractivity contribution in [1.82, 2.24) is 0 Å². The van der Waals surface area contributed by atoms with Gasteiger partial charge in [0.15, 0.2) is 0 Å². The van der Waals surface area contributed by atoms with E-state index < -0.39 is 11.8 Å². The van der Waals surface area contributed by atoms with Crippen LogP contribution in [0.15, 0.2) is 24.3 Å². The molecule has 1 rings (SSSR count). The normalized spacial score (nSPS) is 10.2. The summed E-state index contributed by atoms with van der Waals surface area (Å²) >= 11 is 0. The Balaban J connectivity index is 2.92. The maximum absolute atomic E-state index is 11.6. The summed E-state index contributed by atoms with van der Waals surface area (Å²) < 4.78 is 4.67. The van der Waals surface area contributed by atoms with Crippen LogP contribution in [0, 0.1) is 0 Å². The predicted octanol–water partition coefficient (Wildman–Crippen LogP) is 2.56. The molecule has 0 saturated carbocycles. The molecular formula is C13H16O3. The zero-order chi connectivity index (χ0) is 12.1. The maximum Gasteiger partial charge on any atom is 0.379 e. The average Bonchev–Trinajstić information content (AvgIpc) is 2.28. The quantitative estimate of drug-likeness (QED) is 0.445. The molecule has 0 N–H and O–H groups in total. The van der Waals surface area contributed by atoms with Crippen molar-refractivity contribution in [2.75, 3.05) is 6.61 Å². The Morgan fingerprint density at radius 3 is 2.56 bits per heavy atom. The molecular weight excluding hydrogens is 204 g/mol. The largest absolute Gasteiger partial charge is 0.460 e. The number of ether oxygens (including phenoxy) is 1. The minimum absolute atomic E-state index is 0.217. The van der Waals surface area contributed by atoms with Crippen LogP contribution in [0.1, 0.15) is 42.6 Å². The van der Waals surface area contributed by atoms with Crippen LogP contribution in [0.25, 0.3) is 0 Å². The molecule has 3 heteroatoms. The minimum atomic E-state index is -0.789. The molecule has 0 aliphatic heterocycles. The maximum atomic E-state index is 11.6. The van der Waals surface area contributed by atoms with Gasteiger partial charge in [0.05, 0.1) is 6.61 Å². The van der Waals surface area contributed by atoms with Crippen LogP contribution < -0.4 is 0 Å². The van der Waals surface area contributed by atoms with Crippen LogP contribution in [0.5, 0.6) is 0 Å². The molecule has 1 aromatic carbocycles. The standard InChI is InChI=1S/C13H16O3/c1-4-16-13(15)12(14)11-7-5-6-10(8-11)9(2)3/h5-9H,4H2,1-3H3. The summed E-state index contributed by atoms with van der Waals surface area (Å²) in [6.07, 6.45) is 0. The van der Waals surface area contributed by atoms with Gasteiger partial charge in [-0.1, -0.05) is 32.0 Å². The highest BCUT2D eigenvalue weighted by Crippen LogP contribution is 2.16. The summed E-state index contributed by atoms with van der Waals surface area (Å²) in [6.45, 7) is 5.96. The number of ketones is 1. The summed E-state index contributed by atoms with van der Waals surface area (Å²) in [7, 11) is 0. The Morgan fingerprint density at radius 2 is 2.00 bits per heavy atom. The summed E-state index contributed by atoms with van der Waals surface area (Å²) in [5.74, 6) is -1.04. The Bertz CT molecular complexity index is 394. The fourth-order valence-electron chi connectivity index (χ4n) is 1.35. The Morgan fingerprint density at radius 1 is 1.31 bits per heavy atom. The molecule has 0 radical (unpaired) electrons. The summed E-state index contributed by atoms with van der Waals surface area (Å²) in [5.41, 5.74) is 1.43. The van der Waals surface area contributed by atoms with Gasteiger partial charge in [-0.05, 0) is 24.5 Å². The molecule has 3 nitrogen and oxygen atoms in total. The SMILES string of the molecule is CCOC(=O)C(=O)c1cccc(C(C)C)c1. The van der Waals surface area contributed by atoms with Crippen molar-refractivity contribution in [2.24, 2.45) is 0 Å². The van der Waals surface area contributed by atoms with Gasteiger partial charge in [0.1, 0.15) is 0 Å². The summed E-state index contributed by atoms with van der Waals surface area (Å²) in [6, 6.07) is 7.09. The van der Waals surface area contributed by atoms with E-state index in [1.165, 1.54) is 0 Å². The molecule has 0 bridgehead atoms. The van der Waals surface area contributed by atoms with Crippen molar-refractivity contribution in [1.29, 1.82) is 0 Å². The van der Waals surface area contributed by atoms with Gasteiger partial charge in [0, 0.05) is 5.56 Å². The van der Waals surface area contributed by atoms with Gasteiger partial charge in [-0.15, -0.1) is 0 Å². The van der Waals surface area contributed by atoms with E-state index in [4.69, 9.17) is 0 Å². The Labute approximate surface area is 95.4 Å². The Kier molecular flexibility index (Phi) is 4.23. The van der Waals surface area contributed by atoms with E-state index in [1.807, 2.05) is 19.9 Å². The van der Waals surface area contributed by atoms with E-state index in [0.29, 0.717) is 11.5 Å². The third-order valence-electron chi connectivity index (χ3n) is 2.28. The van der Waals surface area contributed by atoms with Crippen LogP contribution in [-0.4, -0.2) is 18.4 Å². The van der Waals surface area contributed by atoms with Crippen LogP contribution in [-0.2, 0) is 9.53 Å². The number of esters is 1. The lowest BCUT2D eigenvalue weighted by atomic mass is 9.99. The lowest BCUT2D eigenvalue weighted by Crippen LogP contribution is -2.17. The molecule has 16 heavy (non-hydrogen) atoms. The molecule has 0 aliphatic carbocycles. The number of Topliss-reactive ketones (excluding diaryl/α,β-unsaturated/α-hetero) is 1. The lowest BCUT2D eigenvalue weighted by molar-refractivity contribution is -0.137. The van der Waals surface area contributed by atoms with Crippen LogP contribution >= 0.6 is 0 Å². The first kappa shape index (κ1) is 12.4. The molecule has 0 saturated heterocycles. The van der Waals surface area contributed by atoms with Crippen molar-refractivity contribution in [2.45, 2.75) is 26.7 Å². The van der Waals surface area contributed by atoms with Crippen LogP contribution in [0.4, 0.5) is 0 Å². The molecule has 0 heterocycles. The number of carbonyl (C=O) groups excluding carboxylic acids is 2. The monoisotopic (exact) mass is 220 g/mol. The molecule has 86 valence electrons. The van der Waals surface area contributed by atoms with Crippen molar-refractivity contribution in [3.8, 4) is 0 Å². The zero-order valence-electron chi connectivity index (χ0n) is 9.82. The number of hydrogen-bond acceptors (Lipinski definition) is 3. The summed E-state index contributed by atoms with van der Waals surface area (Å²) in [5, 5.41) is 0. The van der Waals surface area contributed by atoms with E-state index in [2.05, 4.69) is 4.74 Å². The smallest absolute Gasteiger partial charge is 0.379 e. The first-order valence-electron chi connectivity index (χ1n) is 5.37. The first-order valence-corrected chi connectivity index (χ1v) is 5.37. The number of benzene rings is 1. The molecule has 0 unspecified atom stereocenters. The second-order valence-corrected chi connectivity index (χ2v) is 3.83. The zero-order valence-corrected chi connectivity index (χ0v) is 9.82. The minimum Gasteiger partial charge on any atom is -0.460 e. The molecule has 0 aromatic heterocycles. The van der Waals surface area contributed by atoms with E-state index in [1.54, 1.807) is 25.1 Å². The molecule has 0 atom stereocenters. The van der Waals surface area contributed by atoms with Crippen molar-refractivity contribution < 1.29 is 14.3 Å². The van der Waals surface area contributed by atoms with Gasteiger partial charge in [-0.2, -0.15) is 0 Å². The van der Waals surface area contributed by atoms with E-state index in [0.717, 1.165) is 5.56 Å². The highest BCUT2D eigenvalue weighted by molar-refractivity contribution is 6.40.